The highest BCUT2D eigenvalue weighted by Crippen LogP contribution is 2.15. The third-order valence-electron chi connectivity index (χ3n) is 3.95. The summed E-state index contributed by atoms with van der Waals surface area (Å²) in [7, 11) is 1.44. The molecule has 1 aromatic carbocycles. The van der Waals surface area contributed by atoms with Crippen LogP contribution in [0.5, 0.6) is 0 Å². The van der Waals surface area contributed by atoms with E-state index in [1.165, 1.54) is 13.5 Å². The lowest BCUT2D eigenvalue weighted by molar-refractivity contribution is -0.428. The average molecular weight is 305 g/mol. The molecule has 6 heteroatoms. The molecule has 0 spiro atoms. The van der Waals surface area contributed by atoms with E-state index in [0.717, 1.165) is 37.2 Å². The maximum atomic E-state index is 12.0. The van der Waals surface area contributed by atoms with E-state index in [1.54, 1.807) is 24.3 Å². The van der Waals surface area contributed by atoms with Gasteiger partial charge in [-0.15, -0.1) is 0 Å². The topological polar surface area (TPSA) is 64.5 Å². The average Bonchev–Trinajstić information content (AvgIpc) is 2.50. The Balaban J connectivity index is 1.77. The van der Waals surface area contributed by atoms with Crippen molar-refractivity contribution in [2.75, 3.05) is 32.0 Å². The van der Waals surface area contributed by atoms with Crippen LogP contribution in [0.25, 0.3) is 0 Å². The van der Waals surface area contributed by atoms with Crippen molar-refractivity contribution in [2.45, 2.75) is 32.2 Å². The second-order valence-corrected chi connectivity index (χ2v) is 5.76. The Labute approximate surface area is 131 Å². The van der Waals surface area contributed by atoms with Gasteiger partial charge in [0.1, 0.15) is 0 Å². The molecule has 0 aliphatic carbocycles. The molecule has 120 valence electrons. The van der Waals surface area contributed by atoms with Gasteiger partial charge in [0.15, 0.2) is 7.05 Å². The Morgan fingerprint density at radius 3 is 2.45 bits per heavy atom. The van der Waals surface area contributed by atoms with Crippen molar-refractivity contribution < 1.29 is 9.55 Å². The van der Waals surface area contributed by atoms with E-state index >= 15 is 0 Å². The minimum atomic E-state index is -0.183. The van der Waals surface area contributed by atoms with E-state index < -0.39 is 0 Å². The number of hydrogen-bond acceptors (Lipinski definition) is 3. The van der Waals surface area contributed by atoms with E-state index in [4.69, 9.17) is 0 Å². The molecule has 1 saturated heterocycles. The summed E-state index contributed by atoms with van der Waals surface area (Å²) in [4.78, 5) is 25.6. The zero-order chi connectivity index (χ0) is 15.9. The maximum Gasteiger partial charge on any atom is 0.319 e. The van der Waals surface area contributed by atoms with Gasteiger partial charge in [-0.25, -0.2) is 4.79 Å². The maximum absolute atomic E-state index is 12.0. The summed E-state index contributed by atoms with van der Waals surface area (Å²) in [5.74, 6) is 0. The predicted molar refractivity (Wildman–Crippen MR) is 87.6 cm³/mol. The number of benzene rings is 1. The molecule has 1 heterocycles. The number of nitroso groups, excluding NO2 is 1. The highest BCUT2D eigenvalue weighted by atomic mass is 16.3. The third kappa shape index (κ3) is 4.80. The van der Waals surface area contributed by atoms with Crippen molar-refractivity contribution in [2.24, 2.45) is 0 Å². The molecule has 2 amide bonds. The van der Waals surface area contributed by atoms with Crippen molar-refractivity contribution in [3.8, 4) is 0 Å². The normalized spacial score (nSPS) is 16.3. The SMILES string of the molecule is CCCN1CCC(NC(=O)Nc2ccc([N+](C)=O)cc2)CC1. The van der Waals surface area contributed by atoms with Crippen molar-refractivity contribution >= 4 is 17.4 Å². The molecule has 0 radical (unpaired) electrons. The molecule has 1 aliphatic heterocycles. The Morgan fingerprint density at radius 1 is 1.27 bits per heavy atom. The predicted octanol–water partition coefficient (Wildman–Crippen LogP) is 2.72. The van der Waals surface area contributed by atoms with E-state index in [-0.39, 0.29) is 12.1 Å². The Bertz CT molecular complexity index is 507. The summed E-state index contributed by atoms with van der Waals surface area (Å²) < 4.78 is 0.786. The van der Waals surface area contributed by atoms with Gasteiger partial charge in [0.25, 0.3) is 5.69 Å². The molecule has 1 fully saturated rings. The van der Waals surface area contributed by atoms with Gasteiger partial charge in [-0.2, -0.15) is 0 Å². The van der Waals surface area contributed by atoms with Crippen LogP contribution in [0.4, 0.5) is 16.2 Å². The number of nitrogens with one attached hydrogen (secondary N) is 2. The van der Waals surface area contributed by atoms with Crippen LogP contribution in [0.2, 0.25) is 0 Å². The minimum Gasteiger partial charge on any atom is -0.335 e. The standard InChI is InChI=1S/C16H24N4O2/c1-3-10-20-11-8-14(9-12-20)18-16(21)17-13-4-6-15(7-5-13)19(2)22/h4-7,14H,3,8-12H2,1-2H3,(H-,17,18,21,22)/p+1. The fourth-order valence-corrected chi connectivity index (χ4v) is 2.72. The van der Waals surface area contributed by atoms with Crippen LogP contribution in [0.1, 0.15) is 26.2 Å². The summed E-state index contributed by atoms with van der Waals surface area (Å²) >= 11 is 0. The van der Waals surface area contributed by atoms with Gasteiger partial charge in [0, 0.05) is 46.6 Å². The highest BCUT2D eigenvalue weighted by molar-refractivity contribution is 5.89. The lowest BCUT2D eigenvalue weighted by Gasteiger charge is -2.32. The molecule has 0 atom stereocenters. The van der Waals surface area contributed by atoms with Crippen LogP contribution in [-0.4, -0.2) is 48.4 Å². The number of anilines is 1. The number of carbonyl (C=O) groups excluding carboxylic acids is 1. The van der Waals surface area contributed by atoms with E-state index in [0.29, 0.717) is 11.4 Å². The lowest BCUT2D eigenvalue weighted by Crippen LogP contribution is -2.46. The molecule has 1 aliphatic rings. The molecule has 0 bridgehead atoms. The first-order valence-corrected chi connectivity index (χ1v) is 7.89. The lowest BCUT2D eigenvalue weighted by atomic mass is 10.1. The van der Waals surface area contributed by atoms with Crippen molar-refractivity contribution in [3.63, 3.8) is 0 Å². The van der Waals surface area contributed by atoms with E-state index in [2.05, 4.69) is 22.5 Å². The van der Waals surface area contributed by atoms with Gasteiger partial charge >= 0.3 is 6.03 Å². The van der Waals surface area contributed by atoms with Crippen LogP contribution in [0.15, 0.2) is 24.3 Å². The van der Waals surface area contributed by atoms with Crippen LogP contribution in [0.3, 0.4) is 0 Å². The van der Waals surface area contributed by atoms with Crippen LogP contribution in [-0.2, 0) is 0 Å². The summed E-state index contributed by atoms with van der Waals surface area (Å²) in [5, 5.41) is 5.83. The fraction of sp³-hybridized carbons (Fsp3) is 0.562. The minimum absolute atomic E-state index is 0.183. The van der Waals surface area contributed by atoms with Crippen molar-refractivity contribution in [1.82, 2.24) is 10.2 Å². The smallest absolute Gasteiger partial charge is 0.319 e. The zero-order valence-corrected chi connectivity index (χ0v) is 13.3. The monoisotopic (exact) mass is 305 g/mol. The molecule has 2 rings (SSSR count). The molecule has 0 unspecified atom stereocenters. The zero-order valence-electron chi connectivity index (χ0n) is 13.3. The number of rotatable bonds is 5. The molecule has 0 saturated carbocycles. The van der Waals surface area contributed by atoms with Gasteiger partial charge < -0.3 is 15.5 Å². The molecule has 1 aromatic rings. The summed E-state index contributed by atoms with van der Waals surface area (Å²) in [6, 6.07) is 6.88. The molecule has 22 heavy (non-hydrogen) atoms. The first-order chi connectivity index (χ1) is 10.6. The van der Waals surface area contributed by atoms with Crippen LogP contribution < -0.4 is 10.6 Å². The molecule has 2 N–H and O–H groups in total. The number of nitrogens with zero attached hydrogens (tertiary/aromatic N) is 2. The van der Waals surface area contributed by atoms with E-state index in [1.807, 2.05) is 0 Å². The Hall–Kier alpha value is -1.95. The summed E-state index contributed by atoms with van der Waals surface area (Å²) in [6.07, 6.45) is 3.16. The van der Waals surface area contributed by atoms with Gasteiger partial charge in [0.2, 0.25) is 0 Å². The summed E-state index contributed by atoms with van der Waals surface area (Å²) in [5.41, 5.74) is 1.25. The second-order valence-electron chi connectivity index (χ2n) is 5.76. The molecule has 0 aromatic heterocycles. The van der Waals surface area contributed by atoms with Crippen molar-refractivity contribution in [3.05, 3.63) is 29.2 Å². The van der Waals surface area contributed by atoms with Gasteiger partial charge in [0.05, 0.1) is 0 Å². The number of hydrogen-bond donors (Lipinski definition) is 2. The molecular weight excluding hydrogens is 280 g/mol. The number of amides is 2. The molecular formula is C16H25N4O2+. The third-order valence-corrected chi connectivity index (χ3v) is 3.95. The van der Waals surface area contributed by atoms with Gasteiger partial charge in [-0.3, -0.25) is 0 Å². The second kappa shape index (κ2) is 7.89. The van der Waals surface area contributed by atoms with Gasteiger partial charge in [-0.05, 0) is 37.9 Å². The number of urea groups is 1. The highest BCUT2D eigenvalue weighted by Gasteiger charge is 2.20. The number of carbonyl (C=O) groups is 1. The quantitative estimate of drug-likeness (QED) is 0.822. The number of likely N-dealkylation sites (tertiary alicyclic amines) is 1. The number of piperidine rings is 1. The summed E-state index contributed by atoms with van der Waals surface area (Å²) in [6.45, 7) is 5.42. The van der Waals surface area contributed by atoms with E-state index in [9.17, 15) is 9.70 Å². The first kappa shape index (κ1) is 16.4. The Kier molecular flexibility index (Phi) is 5.89. The fourth-order valence-electron chi connectivity index (χ4n) is 2.72. The molecule has 6 nitrogen and oxygen atoms in total. The van der Waals surface area contributed by atoms with Gasteiger partial charge in [-0.1, -0.05) is 6.92 Å². The van der Waals surface area contributed by atoms with Crippen molar-refractivity contribution in [1.29, 1.82) is 0 Å². The first-order valence-electron chi connectivity index (χ1n) is 7.89. The van der Waals surface area contributed by atoms with Crippen LogP contribution >= 0.6 is 0 Å². The van der Waals surface area contributed by atoms with Crippen LogP contribution in [0, 0.1) is 4.91 Å². The largest absolute Gasteiger partial charge is 0.335 e. The Morgan fingerprint density at radius 2 is 1.91 bits per heavy atom.